The van der Waals surface area contributed by atoms with E-state index >= 15 is 0 Å². The van der Waals surface area contributed by atoms with Crippen LogP contribution in [-0.4, -0.2) is 97.7 Å². The number of methoxy groups -OCH3 is 2. The van der Waals surface area contributed by atoms with Crippen LogP contribution in [0, 0.1) is 11.8 Å². The highest BCUT2D eigenvalue weighted by molar-refractivity contribution is 5.93. The third-order valence-corrected chi connectivity index (χ3v) is 13.0. The van der Waals surface area contributed by atoms with Crippen molar-refractivity contribution in [2.24, 2.45) is 11.8 Å². The molecule has 3 aromatic carbocycles. The number of H-pyrrole nitrogens is 2. The summed E-state index contributed by atoms with van der Waals surface area (Å²) in [6.45, 7) is 8.75. The van der Waals surface area contributed by atoms with Crippen molar-refractivity contribution >= 4 is 34.9 Å². The number of nitrogens with one attached hydrogen (secondary N) is 4. The second kappa shape index (κ2) is 17.8. The van der Waals surface area contributed by atoms with Gasteiger partial charge in [-0.1, -0.05) is 70.2 Å². The standard InChI is InChI=1S/C49H55N9O7/c1-27(2)41(54-48(61)63-5)45(59)56-20-10-14-37(56)43-50-25-34(52-43)30-17-19-36-32(22-30)23-39-33-18-16-31(24-40(33)65-47(58(36)39)29-12-8-7-9-13-29)35-26-51-44(53-35)38-15-11-21-57(38)46(60)42(28(3)4)55-49(62)64-6/h7-9,12-13,16-19,22-28,37-38,41-42,47H,10-11,14-15,20-21H2,1-6H3,(H,50,52)(H,51,53)(H,54,61)(H,55,62)/t37-,38-,41+,42+,47-/m0/s1. The van der Waals surface area contributed by atoms with E-state index in [-0.39, 0.29) is 35.7 Å². The van der Waals surface area contributed by atoms with Crippen LogP contribution in [0.1, 0.15) is 88.9 Å². The molecule has 338 valence electrons. The summed E-state index contributed by atoms with van der Waals surface area (Å²) in [4.78, 5) is 72.0. The highest BCUT2D eigenvalue weighted by Gasteiger charge is 2.39. The van der Waals surface area contributed by atoms with E-state index in [4.69, 9.17) is 24.2 Å². The first-order valence-corrected chi connectivity index (χ1v) is 22.4. The number of carbonyl (C=O) groups is 4. The lowest BCUT2D eigenvalue weighted by atomic mass is 10.0. The number of benzene rings is 3. The van der Waals surface area contributed by atoms with Gasteiger partial charge in [0.25, 0.3) is 0 Å². The van der Waals surface area contributed by atoms with Gasteiger partial charge in [-0.25, -0.2) is 19.6 Å². The van der Waals surface area contributed by atoms with Crippen LogP contribution in [0.4, 0.5) is 9.59 Å². The Kier molecular flexibility index (Phi) is 11.8. The zero-order valence-electron chi connectivity index (χ0n) is 37.5. The number of aromatic nitrogens is 5. The van der Waals surface area contributed by atoms with Gasteiger partial charge >= 0.3 is 12.2 Å². The molecule has 16 nitrogen and oxygen atoms in total. The molecule has 9 rings (SSSR count). The highest BCUT2D eigenvalue weighted by Crippen LogP contribution is 2.46. The van der Waals surface area contributed by atoms with Gasteiger partial charge in [0.2, 0.25) is 18.0 Å². The lowest BCUT2D eigenvalue weighted by Crippen LogP contribution is -2.51. The molecule has 3 aliphatic heterocycles. The third-order valence-electron chi connectivity index (χ3n) is 13.0. The molecule has 3 aromatic heterocycles. The number of rotatable bonds is 11. The molecule has 16 heteroatoms. The number of amides is 4. The van der Waals surface area contributed by atoms with Crippen molar-refractivity contribution in [2.75, 3.05) is 27.3 Å². The summed E-state index contributed by atoms with van der Waals surface area (Å²) in [5, 5.41) is 6.46. The quantitative estimate of drug-likeness (QED) is 0.0997. The summed E-state index contributed by atoms with van der Waals surface area (Å²) in [6.07, 6.45) is 5.05. The van der Waals surface area contributed by atoms with E-state index in [0.29, 0.717) is 24.7 Å². The number of aromatic amines is 2. The van der Waals surface area contributed by atoms with E-state index in [1.165, 1.54) is 14.2 Å². The molecule has 65 heavy (non-hydrogen) atoms. The number of likely N-dealkylation sites (tertiary alicyclic amines) is 2. The van der Waals surface area contributed by atoms with E-state index in [9.17, 15) is 19.2 Å². The molecule has 0 unspecified atom stereocenters. The van der Waals surface area contributed by atoms with Crippen LogP contribution in [-0.2, 0) is 19.1 Å². The van der Waals surface area contributed by atoms with E-state index < -0.39 is 30.5 Å². The number of hydrogen-bond acceptors (Lipinski definition) is 9. The molecule has 0 aliphatic carbocycles. The van der Waals surface area contributed by atoms with Crippen LogP contribution >= 0.6 is 0 Å². The fourth-order valence-corrected chi connectivity index (χ4v) is 9.56. The molecule has 4 amide bonds. The second-order valence-electron chi connectivity index (χ2n) is 17.7. The Morgan fingerprint density at radius 3 is 1.78 bits per heavy atom. The van der Waals surface area contributed by atoms with Gasteiger partial charge in [-0.05, 0) is 67.9 Å². The topological polar surface area (TPSA) is 189 Å². The van der Waals surface area contributed by atoms with Gasteiger partial charge in [0.05, 0.1) is 61.3 Å². The van der Waals surface area contributed by atoms with Crippen LogP contribution in [0.25, 0.3) is 44.7 Å². The Balaban J connectivity index is 1.00. The smallest absolute Gasteiger partial charge is 0.407 e. The predicted molar refractivity (Wildman–Crippen MR) is 243 cm³/mol. The number of hydrogen-bond donors (Lipinski definition) is 4. The van der Waals surface area contributed by atoms with Crippen molar-refractivity contribution in [3.05, 3.63) is 102 Å². The zero-order valence-corrected chi connectivity index (χ0v) is 37.5. The molecule has 2 fully saturated rings. The van der Waals surface area contributed by atoms with E-state index in [1.54, 1.807) is 6.20 Å². The summed E-state index contributed by atoms with van der Waals surface area (Å²) in [7, 11) is 2.58. The first kappa shape index (κ1) is 43.2. The minimum absolute atomic E-state index is 0.128. The maximum Gasteiger partial charge on any atom is 0.407 e. The fraction of sp³-hybridized carbons (Fsp3) is 0.388. The van der Waals surface area contributed by atoms with Gasteiger partial charge in [0, 0.05) is 40.7 Å². The van der Waals surface area contributed by atoms with Crippen molar-refractivity contribution in [1.82, 2.24) is 44.9 Å². The van der Waals surface area contributed by atoms with E-state index in [2.05, 4.69) is 73.7 Å². The monoisotopic (exact) mass is 881 g/mol. The summed E-state index contributed by atoms with van der Waals surface area (Å²) < 4.78 is 18.8. The molecule has 0 radical (unpaired) electrons. The molecular weight excluding hydrogens is 827 g/mol. The van der Waals surface area contributed by atoms with E-state index in [1.807, 2.05) is 68.0 Å². The molecule has 0 bridgehead atoms. The number of carbonyl (C=O) groups excluding carboxylic acids is 4. The lowest BCUT2D eigenvalue weighted by molar-refractivity contribution is -0.136. The second-order valence-corrected chi connectivity index (χ2v) is 17.7. The minimum Gasteiger partial charge on any atom is -0.465 e. The molecule has 2 saturated heterocycles. The van der Waals surface area contributed by atoms with Gasteiger partial charge in [0.15, 0.2) is 0 Å². The SMILES string of the molecule is COC(=O)N[C@@H](C(=O)N1CCC[C@H]1c1ncc(-c2ccc3c(c2)O[C@@H](c2ccccc2)n2c-3cc3cc(-c4cnc([C@@H]5CCCN5C(=O)[C@H](NC(=O)OC)C(C)C)[nH]4)ccc32)[nH]1)C(C)C. The van der Waals surface area contributed by atoms with Crippen molar-refractivity contribution in [1.29, 1.82) is 0 Å². The van der Waals surface area contributed by atoms with Crippen molar-refractivity contribution in [3.8, 4) is 39.5 Å². The van der Waals surface area contributed by atoms with Gasteiger partial charge in [-0.2, -0.15) is 0 Å². The average molecular weight is 882 g/mol. The minimum atomic E-state index is -0.720. The summed E-state index contributed by atoms with van der Waals surface area (Å²) in [5.74, 6) is 1.55. The Hall–Kier alpha value is -7.10. The van der Waals surface area contributed by atoms with Crippen LogP contribution in [0.5, 0.6) is 5.75 Å². The van der Waals surface area contributed by atoms with Crippen LogP contribution in [0.2, 0.25) is 0 Å². The fourth-order valence-electron chi connectivity index (χ4n) is 9.56. The maximum atomic E-state index is 13.8. The molecule has 0 saturated carbocycles. The van der Waals surface area contributed by atoms with Gasteiger partial charge in [-0.3, -0.25) is 9.59 Å². The molecule has 6 heterocycles. The van der Waals surface area contributed by atoms with Gasteiger partial charge in [-0.15, -0.1) is 0 Å². The van der Waals surface area contributed by atoms with Crippen molar-refractivity contribution in [2.45, 2.75) is 83.8 Å². The third kappa shape index (κ3) is 8.17. The van der Waals surface area contributed by atoms with Crippen molar-refractivity contribution in [3.63, 3.8) is 0 Å². The number of ether oxygens (including phenoxy) is 3. The van der Waals surface area contributed by atoms with Crippen molar-refractivity contribution < 1.29 is 33.4 Å². The van der Waals surface area contributed by atoms with Crippen LogP contribution in [0.15, 0.2) is 85.2 Å². The van der Waals surface area contributed by atoms with Crippen LogP contribution in [0.3, 0.4) is 0 Å². The average Bonchev–Trinajstić information content (AvgIpc) is 4.18. The summed E-state index contributed by atoms with van der Waals surface area (Å²) in [5.41, 5.74) is 7.43. The molecular formula is C49H55N9O7. The Morgan fingerprint density at radius 1 is 0.708 bits per heavy atom. The zero-order chi connectivity index (χ0) is 45.5. The number of fused-ring (bicyclic) bond motifs is 5. The molecule has 5 atom stereocenters. The Bertz CT molecular complexity index is 2740. The maximum absolute atomic E-state index is 13.8. The number of nitrogens with zero attached hydrogens (tertiary/aromatic N) is 5. The highest BCUT2D eigenvalue weighted by atomic mass is 16.5. The molecule has 6 aromatic rings. The largest absolute Gasteiger partial charge is 0.465 e. The van der Waals surface area contributed by atoms with Crippen LogP contribution < -0.4 is 15.4 Å². The first-order valence-electron chi connectivity index (χ1n) is 22.4. The normalized spacial score (nSPS) is 18.9. The first-order chi connectivity index (χ1) is 31.4. The number of imidazole rings is 2. The Labute approximate surface area is 377 Å². The van der Waals surface area contributed by atoms with E-state index in [0.717, 1.165) is 81.7 Å². The van der Waals surface area contributed by atoms with Gasteiger partial charge < -0.3 is 49.2 Å². The van der Waals surface area contributed by atoms with Gasteiger partial charge in [0.1, 0.15) is 29.5 Å². The molecule has 4 N–H and O–H groups in total. The Morgan fingerprint density at radius 2 is 1.25 bits per heavy atom. The predicted octanol–water partition coefficient (Wildman–Crippen LogP) is 8.12. The number of alkyl carbamates (subject to hydrolysis) is 2. The summed E-state index contributed by atoms with van der Waals surface area (Å²) in [6, 6.07) is 22.9. The lowest BCUT2D eigenvalue weighted by Gasteiger charge is -2.30. The molecule has 0 spiro atoms. The summed E-state index contributed by atoms with van der Waals surface area (Å²) >= 11 is 0. The molecule has 3 aliphatic rings.